The van der Waals surface area contributed by atoms with Gasteiger partial charge in [0.1, 0.15) is 17.3 Å². The van der Waals surface area contributed by atoms with Crippen LogP contribution in [-0.4, -0.2) is 10.9 Å². The number of Topliss-reactive ketones (excluding diaryl/α,β-unsaturated/α-hetero) is 1. The monoisotopic (exact) mass is 362 g/mol. The number of benzene rings is 2. The summed E-state index contributed by atoms with van der Waals surface area (Å²) < 4.78 is 5.83. The Hall–Kier alpha value is -1.97. The van der Waals surface area contributed by atoms with E-state index in [4.69, 9.17) is 27.9 Å². The maximum atomic E-state index is 12.1. The first-order chi connectivity index (χ1) is 11.5. The summed E-state index contributed by atoms with van der Waals surface area (Å²) in [6.45, 7) is 2.01. The fourth-order valence-electron chi connectivity index (χ4n) is 2.79. The topological polar surface area (TPSA) is 46.5 Å². The van der Waals surface area contributed by atoms with Gasteiger partial charge in [0, 0.05) is 17.9 Å². The Morgan fingerprint density at radius 3 is 2.54 bits per heavy atom. The number of ketones is 1. The van der Waals surface area contributed by atoms with E-state index in [1.54, 1.807) is 24.3 Å². The zero-order valence-corrected chi connectivity index (χ0v) is 14.6. The van der Waals surface area contributed by atoms with Gasteiger partial charge in [0.2, 0.25) is 0 Å². The van der Waals surface area contributed by atoms with Crippen LogP contribution < -0.4 is 4.74 Å². The summed E-state index contributed by atoms with van der Waals surface area (Å²) in [6.07, 6.45) is 1.49. The normalized spacial score (nSPS) is 14.4. The second kappa shape index (κ2) is 6.88. The van der Waals surface area contributed by atoms with Gasteiger partial charge in [0.25, 0.3) is 0 Å². The summed E-state index contributed by atoms with van der Waals surface area (Å²) in [4.78, 5) is 12.1. The number of carbonyl (C=O) groups is 1. The molecule has 0 bridgehead atoms. The molecule has 0 amide bonds. The molecule has 5 heteroatoms. The van der Waals surface area contributed by atoms with E-state index in [9.17, 15) is 9.90 Å². The predicted molar refractivity (Wildman–Crippen MR) is 96.1 cm³/mol. The molecule has 3 nitrogen and oxygen atoms in total. The molecule has 1 aliphatic carbocycles. The van der Waals surface area contributed by atoms with Crippen LogP contribution in [0.2, 0.25) is 10.0 Å². The van der Waals surface area contributed by atoms with Crippen molar-refractivity contribution >= 4 is 34.6 Å². The number of ether oxygens (including phenoxy) is 1. The van der Waals surface area contributed by atoms with Gasteiger partial charge in [0.05, 0.1) is 10.6 Å². The minimum Gasteiger partial charge on any atom is -0.512 e. The number of halogens is 2. The van der Waals surface area contributed by atoms with Crippen LogP contribution in [0, 0.1) is 0 Å². The lowest BCUT2D eigenvalue weighted by molar-refractivity contribution is -0.113. The van der Waals surface area contributed by atoms with E-state index >= 15 is 0 Å². The highest BCUT2D eigenvalue weighted by Crippen LogP contribution is 2.36. The molecule has 0 radical (unpaired) electrons. The van der Waals surface area contributed by atoms with Crippen LogP contribution in [0.4, 0.5) is 0 Å². The van der Waals surface area contributed by atoms with Crippen molar-refractivity contribution in [3.8, 4) is 11.5 Å². The summed E-state index contributed by atoms with van der Waals surface area (Å²) in [5.41, 5.74) is 2.11. The Kier molecular flexibility index (Phi) is 4.83. The first-order valence-corrected chi connectivity index (χ1v) is 8.46. The van der Waals surface area contributed by atoms with Crippen LogP contribution in [0.3, 0.4) is 0 Å². The molecule has 3 rings (SSSR count). The van der Waals surface area contributed by atoms with Crippen molar-refractivity contribution < 1.29 is 14.6 Å². The first-order valence-electron chi connectivity index (χ1n) is 7.71. The van der Waals surface area contributed by atoms with Gasteiger partial charge in [0.15, 0.2) is 5.78 Å². The minimum atomic E-state index is -0.0381. The summed E-state index contributed by atoms with van der Waals surface area (Å²) in [6, 6.07) is 10.5. The Morgan fingerprint density at radius 1 is 1.12 bits per heavy atom. The summed E-state index contributed by atoms with van der Waals surface area (Å²) in [5.74, 6) is 1.14. The van der Waals surface area contributed by atoms with E-state index < -0.39 is 0 Å². The molecule has 124 valence electrons. The van der Waals surface area contributed by atoms with E-state index in [1.807, 2.05) is 19.1 Å². The van der Waals surface area contributed by atoms with Gasteiger partial charge in [-0.2, -0.15) is 0 Å². The number of hydrogen-bond donors (Lipinski definition) is 1. The smallest absolute Gasteiger partial charge is 0.167 e. The lowest BCUT2D eigenvalue weighted by Gasteiger charge is -2.13. The zero-order valence-electron chi connectivity index (χ0n) is 13.1. The highest BCUT2D eigenvalue weighted by molar-refractivity contribution is 6.35. The Morgan fingerprint density at radius 2 is 1.92 bits per heavy atom. The van der Waals surface area contributed by atoms with Crippen molar-refractivity contribution in [2.45, 2.75) is 26.2 Å². The molecule has 0 unspecified atom stereocenters. The van der Waals surface area contributed by atoms with Gasteiger partial charge in [-0.05, 0) is 47.9 Å². The third-order valence-corrected chi connectivity index (χ3v) is 4.54. The highest BCUT2D eigenvalue weighted by Gasteiger charge is 2.26. The molecule has 0 spiro atoms. The lowest BCUT2D eigenvalue weighted by Crippen LogP contribution is -2.01. The van der Waals surface area contributed by atoms with Gasteiger partial charge in [-0.1, -0.05) is 36.2 Å². The molecule has 2 aromatic carbocycles. The number of hydrogen-bond acceptors (Lipinski definition) is 3. The molecule has 0 fully saturated rings. The van der Waals surface area contributed by atoms with Crippen molar-refractivity contribution in [2.75, 3.05) is 0 Å². The van der Waals surface area contributed by atoms with Crippen molar-refractivity contribution in [1.82, 2.24) is 0 Å². The van der Waals surface area contributed by atoms with Crippen LogP contribution >= 0.6 is 23.2 Å². The van der Waals surface area contributed by atoms with E-state index in [-0.39, 0.29) is 11.5 Å². The van der Waals surface area contributed by atoms with Gasteiger partial charge in [-0.3, -0.25) is 4.79 Å². The molecular weight excluding hydrogens is 347 g/mol. The molecule has 0 heterocycles. The molecule has 24 heavy (non-hydrogen) atoms. The largest absolute Gasteiger partial charge is 0.512 e. The second-order valence-electron chi connectivity index (χ2n) is 5.59. The number of aliphatic hydroxyl groups excluding tert-OH is 1. The number of aryl methyl sites for hydroxylation is 1. The quantitative estimate of drug-likeness (QED) is 0.727. The lowest BCUT2D eigenvalue weighted by atomic mass is 9.96. The minimum absolute atomic E-state index is 0.0381. The van der Waals surface area contributed by atoms with E-state index in [0.29, 0.717) is 40.0 Å². The van der Waals surface area contributed by atoms with Crippen molar-refractivity contribution in [3.63, 3.8) is 0 Å². The van der Waals surface area contributed by atoms with E-state index in [0.717, 1.165) is 17.5 Å². The van der Waals surface area contributed by atoms with E-state index in [1.165, 1.54) is 0 Å². The second-order valence-corrected chi connectivity index (χ2v) is 6.44. The summed E-state index contributed by atoms with van der Waals surface area (Å²) >= 11 is 12.0. The average Bonchev–Trinajstić information content (AvgIpc) is 2.89. The van der Waals surface area contributed by atoms with Crippen molar-refractivity contribution in [1.29, 1.82) is 0 Å². The van der Waals surface area contributed by atoms with Gasteiger partial charge in [-0.15, -0.1) is 0 Å². The van der Waals surface area contributed by atoms with Crippen LogP contribution in [0.25, 0.3) is 5.57 Å². The summed E-state index contributed by atoms with van der Waals surface area (Å²) in [5, 5.41) is 11.0. The molecule has 0 saturated carbocycles. The molecule has 0 aliphatic heterocycles. The first kappa shape index (κ1) is 16.9. The van der Waals surface area contributed by atoms with Crippen LogP contribution in [0.5, 0.6) is 11.5 Å². The molecule has 0 aromatic heterocycles. The van der Waals surface area contributed by atoms with Gasteiger partial charge < -0.3 is 9.84 Å². The molecule has 2 aromatic rings. The maximum Gasteiger partial charge on any atom is 0.167 e. The number of carbonyl (C=O) groups excluding carboxylic acids is 1. The van der Waals surface area contributed by atoms with Crippen LogP contribution in [0.1, 0.15) is 30.9 Å². The highest BCUT2D eigenvalue weighted by atomic mass is 35.5. The number of aliphatic hydroxyl groups is 1. The summed E-state index contributed by atoms with van der Waals surface area (Å²) in [7, 11) is 0. The zero-order chi connectivity index (χ0) is 17.3. The fraction of sp³-hybridized carbons (Fsp3) is 0.211. The van der Waals surface area contributed by atoms with Crippen LogP contribution in [-0.2, 0) is 11.2 Å². The maximum absolute atomic E-state index is 12.1. The van der Waals surface area contributed by atoms with Gasteiger partial charge >= 0.3 is 0 Å². The van der Waals surface area contributed by atoms with Gasteiger partial charge in [-0.25, -0.2) is 0 Å². The fourth-order valence-corrected chi connectivity index (χ4v) is 3.24. The van der Waals surface area contributed by atoms with Crippen LogP contribution in [0.15, 0.2) is 42.2 Å². The predicted octanol–water partition coefficient (Wildman–Crippen LogP) is 5.98. The van der Waals surface area contributed by atoms with Crippen molar-refractivity contribution in [3.05, 3.63) is 63.3 Å². The molecular formula is C19H16Cl2O3. The number of rotatable bonds is 4. The standard InChI is InChI=1S/C19H16Cl2O3/c1-2-11-3-5-13(24-18-8-4-12(20)9-15(18)21)10-14(11)19-16(22)6-7-17(19)23/h3-5,8-10,22H,2,6-7H2,1H3. The Labute approximate surface area is 150 Å². The SMILES string of the molecule is CCc1ccc(Oc2ccc(Cl)cc2Cl)cc1C1=C(O)CCC1=O. The molecule has 0 saturated heterocycles. The number of allylic oxidation sites excluding steroid dienone is 2. The molecule has 1 aliphatic rings. The third-order valence-electron chi connectivity index (χ3n) is 4.01. The Balaban J connectivity index is 2.01. The Bertz CT molecular complexity index is 841. The average molecular weight is 363 g/mol. The van der Waals surface area contributed by atoms with Crippen molar-refractivity contribution in [2.24, 2.45) is 0 Å². The molecule has 0 atom stereocenters. The third kappa shape index (κ3) is 3.28. The molecule has 1 N–H and O–H groups in total. The van der Waals surface area contributed by atoms with E-state index in [2.05, 4.69) is 0 Å².